The van der Waals surface area contributed by atoms with Crippen LogP contribution < -0.4 is 9.62 Å². The number of sulfonamides is 1. The lowest BCUT2D eigenvalue weighted by atomic mass is 9.77. The van der Waals surface area contributed by atoms with E-state index in [4.69, 9.17) is 4.74 Å². The van der Waals surface area contributed by atoms with Crippen LogP contribution in [-0.2, 0) is 24.3 Å². The van der Waals surface area contributed by atoms with Crippen molar-refractivity contribution in [3.05, 3.63) is 70.3 Å². The molecule has 3 heterocycles. The maximum atomic E-state index is 13.2. The zero-order valence-electron chi connectivity index (χ0n) is 15.6. The molecule has 2 aromatic rings. The number of ether oxygens (including phenoxy) is 1. The number of hydrogen-bond acceptors (Lipinski definition) is 5. The van der Waals surface area contributed by atoms with Crippen molar-refractivity contribution < 1.29 is 22.7 Å². The van der Waals surface area contributed by atoms with E-state index in [1.54, 1.807) is 48.6 Å². The van der Waals surface area contributed by atoms with Crippen molar-refractivity contribution in [3.63, 3.8) is 0 Å². The lowest BCUT2D eigenvalue weighted by molar-refractivity contribution is -0.126. The molecule has 4 unspecified atom stereocenters. The summed E-state index contributed by atoms with van der Waals surface area (Å²) in [6.45, 7) is -0.128. The Labute approximate surface area is 187 Å². The SMILES string of the molecule is O=C1C2C3C=CC(CNS(=O)(=O)c4ccc(I)cc4)(O3)C2C(=O)N1c1ccccc1. The Kier molecular flexibility index (Phi) is 4.62. The van der Waals surface area contributed by atoms with E-state index < -0.39 is 33.6 Å². The van der Waals surface area contributed by atoms with Crippen LogP contribution in [0.25, 0.3) is 0 Å². The maximum absolute atomic E-state index is 13.2. The van der Waals surface area contributed by atoms with Crippen molar-refractivity contribution in [2.24, 2.45) is 11.8 Å². The van der Waals surface area contributed by atoms with E-state index in [2.05, 4.69) is 27.3 Å². The van der Waals surface area contributed by atoms with Crippen molar-refractivity contribution in [3.8, 4) is 0 Å². The van der Waals surface area contributed by atoms with Gasteiger partial charge in [0.15, 0.2) is 0 Å². The van der Waals surface area contributed by atoms with Crippen LogP contribution in [0.4, 0.5) is 5.69 Å². The number of halogens is 1. The molecule has 2 aromatic carbocycles. The second kappa shape index (κ2) is 6.98. The number of nitrogens with one attached hydrogen (secondary N) is 1. The fourth-order valence-electron chi connectivity index (χ4n) is 4.44. The molecule has 5 rings (SSSR count). The third kappa shape index (κ3) is 2.95. The predicted octanol–water partition coefficient (Wildman–Crippen LogP) is 2.08. The minimum Gasteiger partial charge on any atom is -0.361 e. The van der Waals surface area contributed by atoms with Crippen molar-refractivity contribution in [1.29, 1.82) is 0 Å². The minimum atomic E-state index is -3.80. The molecule has 0 spiro atoms. The Morgan fingerprint density at radius 3 is 2.43 bits per heavy atom. The number of nitrogens with zero attached hydrogens (tertiary/aromatic N) is 1. The van der Waals surface area contributed by atoms with E-state index >= 15 is 0 Å². The summed E-state index contributed by atoms with van der Waals surface area (Å²) < 4.78 is 35.0. The van der Waals surface area contributed by atoms with Gasteiger partial charge >= 0.3 is 0 Å². The van der Waals surface area contributed by atoms with Crippen LogP contribution in [0.2, 0.25) is 0 Å². The van der Waals surface area contributed by atoms with Crippen LogP contribution in [0, 0.1) is 15.4 Å². The number of anilines is 1. The molecular formula is C21H17IN2O5S. The standard InChI is InChI=1S/C21H17IN2O5S/c22-13-6-8-15(9-7-13)30(27,28)23-12-21-11-10-16(29-21)17-18(21)20(26)24(19(17)25)14-4-2-1-3-5-14/h1-11,16-18,23H,12H2. The summed E-state index contributed by atoms with van der Waals surface area (Å²) >= 11 is 2.10. The molecule has 0 saturated carbocycles. The zero-order chi connectivity index (χ0) is 21.1. The van der Waals surface area contributed by atoms with Crippen molar-refractivity contribution in [2.75, 3.05) is 11.4 Å². The molecule has 7 nitrogen and oxygen atoms in total. The first-order chi connectivity index (χ1) is 14.3. The van der Waals surface area contributed by atoms with E-state index in [9.17, 15) is 18.0 Å². The molecule has 154 valence electrons. The number of amides is 2. The molecule has 1 N–H and O–H groups in total. The Morgan fingerprint density at radius 1 is 1.03 bits per heavy atom. The van der Waals surface area contributed by atoms with Crippen molar-refractivity contribution in [1.82, 2.24) is 4.72 Å². The molecule has 30 heavy (non-hydrogen) atoms. The number of rotatable bonds is 5. The topological polar surface area (TPSA) is 92.8 Å². The molecule has 2 bridgehead atoms. The van der Waals surface area contributed by atoms with Gasteiger partial charge in [0, 0.05) is 10.1 Å². The van der Waals surface area contributed by atoms with Crippen molar-refractivity contribution >= 4 is 50.1 Å². The average molecular weight is 536 g/mol. The maximum Gasteiger partial charge on any atom is 0.241 e. The van der Waals surface area contributed by atoms with Gasteiger partial charge in [0.1, 0.15) is 5.60 Å². The van der Waals surface area contributed by atoms with Crippen LogP contribution in [0.1, 0.15) is 0 Å². The number of para-hydroxylation sites is 1. The molecule has 2 amide bonds. The normalized spacial score (nSPS) is 29.6. The van der Waals surface area contributed by atoms with Gasteiger partial charge in [0.25, 0.3) is 0 Å². The van der Waals surface area contributed by atoms with E-state index in [-0.39, 0.29) is 23.3 Å². The molecule has 9 heteroatoms. The summed E-state index contributed by atoms with van der Waals surface area (Å²) in [7, 11) is -3.80. The number of imide groups is 1. The monoisotopic (exact) mass is 536 g/mol. The molecule has 2 fully saturated rings. The van der Waals surface area contributed by atoms with Gasteiger partial charge in [-0.2, -0.15) is 0 Å². The number of fused-ring (bicyclic) bond motifs is 5. The van der Waals surface area contributed by atoms with E-state index in [0.29, 0.717) is 5.69 Å². The molecular weight excluding hydrogens is 519 g/mol. The van der Waals surface area contributed by atoms with Gasteiger partial charge in [-0.1, -0.05) is 30.4 Å². The highest BCUT2D eigenvalue weighted by molar-refractivity contribution is 14.1. The highest BCUT2D eigenvalue weighted by Gasteiger charge is 2.67. The van der Waals surface area contributed by atoms with Crippen LogP contribution in [0.3, 0.4) is 0 Å². The third-order valence-electron chi connectivity index (χ3n) is 5.83. The smallest absolute Gasteiger partial charge is 0.241 e. The van der Waals surface area contributed by atoms with E-state index in [1.165, 1.54) is 17.0 Å². The summed E-state index contributed by atoms with van der Waals surface area (Å²) in [6, 6.07) is 15.2. The fraction of sp³-hybridized carbons (Fsp3) is 0.238. The summed E-state index contributed by atoms with van der Waals surface area (Å²) in [5.74, 6) is -2.09. The molecule has 2 saturated heterocycles. The average Bonchev–Trinajstić information content (AvgIpc) is 3.38. The fourth-order valence-corrected chi connectivity index (χ4v) is 5.88. The Morgan fingerprint density at radius 2 is 1.73 bits per heavy atom. The van der Waals surface area contributed by atoms with Gasteiger partial charge in [-0.05, 0) is 59.0 Å². The van der Waals surface area contributed by atoms with Gasteiger partial charge in [0.05, 0.1) is 28.5 Å². The summed E-state index contributed by atoms with van der Waals surface area (Å²) in [4.78, 5) is 27.6. The third-order valence-corrected chi connectivity index (χ3v) is 7.97. The second-order valence-corrected chi connectivity index (χ2v) is 10.5. The zero-order valence-corrected chi connectivity index (χ0v) is 18.5. The first-order valence-electron chi connectivity index (χ1n) is 9.38. The molecule has 3 aliphatic heterocycles. The quantitative estimate of drug-likeness (QED) is 0.359. The first kappa shape index (κ1) is 19.9. The van der Waals surface area contributed by atoms with Crippen molar-refractivity contribution in [2.45, 2.75) is 16.6 Å². The second-order valence-electron chi connectivity index (χ2n) is 7.53. The number of hydrogen-bond donors (Lipinski definition) is 1. The molecule has 0 aliphatic carbocycles. The highest BCUT2D eigenvalue weighted by Crippen LogP contribution is 2.52. The number of carbonyl (C=O) groups is 2. The van der Waals surface area contributed by atoms with Crippen LogP contribution >= 0.6 is 22.6 Å². The van der Waals surface area contributed by atoms with Crippen LogP contribution in [-0.4, -0.2) is 38.5 Å². The molecule has 0 radical (unpaired) electrons. The molecule has 4 atom stereocenters. The number of benzene rings is 2. The Bertz CT molecular complexity index is 1170. The molecule has 0 aromatic heterocycles. The first-order valence-corrected chi connectivity index (χ1v) is 11.9. The van der Waals surface area contributed by atoms with Gasteiger partial charge < -0.3 is 4.74 Å². The van der Waals surface area contributed by atoms with Gasteiger partial charge in [-0.25, -0.2) is 18.0 Å². The van der Waals surface area contributed by atoms with Crippen LogP contribution in [0.15, 0.2) is 71.6 Å². The Hall–Kier alpha value is -2.08. The lowest BCUT2D eigenvalue weighted by Crippen LogP contribution is -2.48. The molecule has 3 aliphatic rings. The minimum absolute atomic E-state index is 0.128. The summed E-state index contributed by atoms with van der Waals surface area (Å²) in [5.41, 5.74) is -0.669. The predicted molar refractivity (Wildman–Crippen MR) is 117 cm³/mol. The lowest BCUT2D eigenvalue weighted by Gasteiger charge is -2.29. The highest BCUT2D eigenvalue weighted by atomic mass is 127. The summed E-state index contributed by atoms with van der Waals surface area (Å²) in [5, 5.41) is 0. The van der Waals surface area contributed by atoms with Crippen LogP contribution in [0.5, 0.6) is 0 Å². The van der Waals surface area contributed by atoms with Gasteiger partial charge in [0.2, 0.25) is 21.8 Å². The van der Waals surface area contributed by atoms with E-state index in [1.807, 2.05) is 6.07 Å². The Balaban J connectivity index is 1.43. The summed E-state index contributed by atoms with van der Waals surface area (Å²) in [6.07, 6.45) is 2.93. The number of carbonyl (C=O) groups excluding carboxylic acids is 2. The van der Waals surface area contributed by atoms with Gasteiger partial charge in [-0.3, -0.25) is 9.59 Å². The largest absolute Gasteiger partial charge is 0.361 e. The van der Waals surface area contributed by atoms with E-state index in [0.717, 1.165) is 3.57 Å². The van der Waals surface area contributed by atoms with Gasteiger partial charge in [-0.15, -0.1) is 0 Å².